The fraction of sp³-hybridized carbons (Fsp3) is 0.304. The molecule has 1 N–H and O–H groups in total. The number of carbonyl (C=O) groups is 1. The van der Waals surface area contributed by atoms with Crippen molar-refractivity contribution in [3.05, 3.63) is 72.2 Å². The van der Waals surface area contributed by atoms with Gasteiger partial charge >= 0.3 is 0 Å². The second-order valence-corrected chi connectivity index (χ2v) is 7.53. The number of hydrogen-bond acceptors (Lipinski definition) is 3. The van der Waals surface area contributed by atoms with E-state index in [1.165, 1.54) is 0 Å². The number of carbonyl (C=O) groups excluding carboxylic acids is 1. The minimum Gasteiger partial charge on any atom is -0.357 e. The molecule has 0 radical (unpaired) electrons. The lowest BCUT2D eigenvalue weighted by molar-refractivity contribution is -0.120. The zero-order valence-corrected chi connectivity index (χ0v) is 16.4. The molecule has 0 aliphatic carbocycles. The molecule has 0 bridgehead atoms. The summed E-state index contributed by atoms with van der Waals surface area (Å²) in [6, 6.07) is 14.3. The van der Waals surface area contributed by atoms with E-state index in [9.17, 15) is 4.79 Å². The van der Waals surface area contributed by atoms with Crippen LogP contribution in [0.2, 0.25) is 0 Å². The summed E-state index contributed by atoms with van der Waals surface area (Å²) in [4.78, 5) is 19.6. The highest BCUT2D eigenvalue weighted by Crippen LogP contribution is 2.25. The Morgan fingerprint density at radius 2 is 1.82 bits per heavy atom. The van der Waals surface area contributed by atoms with Gasteiger partial charge in [0.15, 0.2) is 0 Å². The number of benzene rings is 1. The summed E-state index contributed by atoms with van der Waals surface area (Å²) in [5, 5.41) is 3.12. The summed E-state index contributed by atoms with van der Waals surface area (Å²) in [6.07, 6.45) is 7.61. The Kier molecular flexibility index (Phi) is 5.15. The smallest absolute Gasteiger partial charge is 0.227 e. The molecule has 28 heavy (non-hydrogen) atoms. The first kappa shape index (κ1) is 18.3. The standard InChI is InChI=1S/C23H26N4O/c1-17-5-6-18(2)21(15-17)25-23(28)19-9-13-27(14-10-19)22-8-7-20(16-24-22)26-11-3-4-12-26/h3-8,11-12,15-16,19H,9-10,13-14H2,1-2H3,(H,25,28). The van der Waals surface area contributed by atoms with Gasteiger partial charge in [0.1, 0.15) is 5.82 Å². The fourth-order valence-corrected chi connectivity index (χ4v) is 3.70. The zero-order chi connectivity index (χ0) is 19.5. The third kappa shape index (κ3) is 3.93. The van der Waals surface area contributed by atoms with Gasteiger partial charge < -0.3 is 14.8 Å². The van der Waals surface area contributed by atoms with Crippen molar-refractivity contribution in [2.45, 2.75) is 26.7 Å². The molecular formula is C23H26N4O. The Morgan fingerprint density at radius 3 is 2.50 bits per heavy atom. The van der Waals surface area contributed by atoms with E-state index >= 15 is 0 Å². The first-order valence-electron chi connectivity index (χ1n) is 9.82. The van der Waals surface area contributed by atoms with E-state index in [1.807, 2.05) is 55.2 Å². The topological polar surface area (TPSA) is 50.2 Å². The number of hydrogen-bond donors (Lipinski definition) is 1. The van der Waals surface area contributed by atoms with E-state index < -0.39 is 0 Å². The molecule has 1 aliphatic heterocycles. The van der Waals surface area contributed by atoms with Crippen LogP contribution in [-0.4, -0.2) is 28.5 Å². The molecule has 1 aromatic carbocycles. The largest absolute Gasteiger partial charge is 0.357 e. The Labute approximate surface area is 166 Å². The van der Waals surface area contributed by atoms with Crippen LogP contribution >= 0.6 is 0 Å². The number of anilines is 2. The van der Waals surface area contributed by atoms with Crippen molar-refractivity contribution >= 4 is 17.4 Å². The molecule has 144 valence electrons. The zero-order valence-electron chi connectivity index (χ0n) is 16.4. The quantitative estimate of drug-likeness (QED) is 0.739. The van der Waals surface area contributed by atoms with Crippen molar-refractivity contribution in [3.63, 3.8) is 0 Å². The highest BCUT2D eigenvalue weighted by atomic mass is 16.1. The van der Waals surface area contributed by atoms with Crippen LogP contribution in [0.15, 0.2) is 61.1 Å². The molecule has 2 aromatic heterocycles. The SMILES string of the molecule is Cc1ccc(C)c(NC(=O)C2CCN(c3ccc(-n4cccc4)cn3)CC2)c1. The van der Waals surface area contributed by atoms with Gasteiger partial charge in [-0.1, -0.05) is 12.1 Å². The van der Waals surface area contributed by atoms with Crippen LogP contribution < -0.4 is 10.2 Å². The van der Waals surface area contributed by atoms with Gasteiger partial charge in [0, 0.05) is 37.1 Å². The minimum atomic E-state index is 0.0512. The Bertz CT molecular complexity index is 939. The van der Waals surface area contributed by atoms with Crippen molar-refractivity contribution < 1.29 is 4.79 Å². The van der Waals surface area contributed by atoms with Crippen LogP contribution in [0.4, 0.5) is 11.5 Å². The molecular weight excluding hydrogens is 348 g/mol. The third-order valence-electron chi connectivity index (χ3n) is 5.48. The van der Waals surface area contributed by atoms with Crippen LogP contribution in [-0.2, 0) is 4.79 Å². The second kappa shape index (κ2) is 7.89. The summed E-state index contributed by atoms with van der Waals surface area (Å²) in [6.45, 7) is 5.77. The Balaban J connectivity index is 1.35. The van der Waals surface area contributed by atoms with E-state index in [0.717, 1.165) is 54.3 Å². The molecule has 3 heterocycles. The lowest BCUT2D eigenvalue weighted by atomic mass is 9.95. The van der Waals surface area contributed by atoms with Gasteiger partial charge in [-0.3, -0.25) is 4.79 Å². The Morgan fingerprint density at radius 1 is 1.07 bits per heavy atom. The van der Waals surface area contributed by atoms with E-state index in [2.05, 4.69) is 39.5 Å². The average molecular weight is 374 g/mol. The van der Waals surface area contributed by atoms with Crippen LogP contribution in [0, 0.1) is 19.8 Å². The molecule has 0 atom stereocenters. The van der Waals surface area contributed by atoms with E-state index in [1.54, 1.807) is 0 Å². The van der Waals surface area contributed by atoms with Crippen molar-refractivity contribution in [1.82, 2.24) is 9.55 Å². The van der Waals surface area contributed by atoms with E-state index in [-0.39, 0.29) is 11.8 Å². The summed E-state index contributed by atoms with van der Waals surface area (Å²) in [5.74, 6) is 1.16. The summed E-state index contributed by atoms with van der Waals surface area (Å²) >= 11 is 0. The monoisotopic (exact) mass is 374 g/mol. The number of amides is 1. The van der Waals surface area contributed by atoms with Gasteiger partial charge in [0.25, 0.3) is 0 Å². The molecule has 1 fully saturated rings. The van der Waals surface area contributed by atoms with Crippen LogP contribution in [0.1, 0.15) is 24.0 Å². The van der Waals surface area contributed by atoms with Gasteiger partial charge in [-0.25, -0.2) is 4.98 Å². The number of aromatic nitrogens is 2. The molecule has 0 unspecified atom stereocenters. The molecule has 5 nitrogen and oxygen atoms in total. The van der Waals surface area contributed by atoms with Crippen LogP contribution in [0.5, 0.6) is 0 Å². The highest BCUT2D eigenvalue weighted by molar-refractivity contribution is 5.93. The van der Waals surface area contributed by atoms with Gasteiger partial charge in [0.05, 0.1) is 11.9 Å². The fourth-order valence-electron chi connectivity index (χ4n) is 3.70. The van der Waals surface area contributed by atoms with Crippen molar-refractivity contribution in [3.8, 4) is 5.69 Å². The maximum atomic E-state index is 12.7. The molecule has 4 rings (SSSR count). The highest BCUT2D eigenvalue weighted by Gasteiger charge is 2.26. The molecule has 3 aromatic rings. The maximum Gasteiger partial charge on any atom is 0.227 e. The number of nitrogens with one attached hydrogen (secondary N) is 1. The summed E-state index contributed by atoms with van der Waals surface area (Å²) in [7, 11) is 0. The lowest BCUT2D eigenvalue weighted by Crippen LogP contribution is -2.38. The molecule has 1 amide bonds. The molecule has 1 aliphatic rings. The number of piperidine rings is 1. The number of aryl methyl sites for hydroxylation is 2. The maximum absolute atomic E-state index is 12.7. The summed E-state index contributed by atoms with van der Waals surface area (Å²) < 4.78 is 2.04. The number of pyridine rings is 1. The van der Waals surface area contributed by atoms with E-state index in [4.69, 9.17) is 0 Å². The van der Waals surface area contributed by atoms with Crippen LogP contribution in [0.25, 0.3) is 5.69 Å². The minimum absolute atomic E-state index is 0.0512. The molecule has 1 saturated heterocycles. The van der Waals surface area contributed by atoms with Gasteiger partial charge in [-0.2, -0.15) is 0 Å². The molecule has 0 spiro atoms. The number of rotatable bonds is 4. The first-order chi connectivity index (χ1) is 13.6. The van der Waals surface area contributed by atoms with Crippen molar-refractivity contribution in [2.75, 3.05) is 23.3 Å². The van der Waals surface area contributed by atoms with Crippen molar-refractivity contribution in [2.24, 2.45) is 5.92 Å². The van der Waals surface area contributed by atoms with Crippen LogP contribution in [0.3, 0.4) is 0 Å². The van der Waals surface area contributed by atoms with Gasteiger partial charge in [-0.05, 0) is 68.1 Å². The van der Waals surface area contributed by atoms with Crippen molar-refractivity contribution in [1.29, 1.82) is 0 Å². The predicted octanol–water partition coefficient (Wildman–Crippen LogP) is 4.34. The normalized spacial score (nSPS) is 14.9. The predicted molar refractivity (Wildman–Crippen MR) is 113 cm³/mol. The molecule has 0 saturated carbocycles. The molecule has 5 heteroatoms. The van der Waals surface area contributed by atoms with E-state index in [0.29, 0.717) is 0 Å². The first-order valence-corrected chi connectivity index (χ1v) is 9.82. The average Bonchev–Trinajstić information content (AvgIpc) is 3.26. The van der Waals surface area contributed by atoms with Gasteiger partial charge in [-0.15, -0.1) is 0 Å². The number of nitrogens with zero attached hydrogens (tertiary/aromatic N) is 3. The second-order valence-electron chi connectivity index (χ2n) is 7.53. The van der Waals surface area contributed by atoms with Gasteiger partial charge in [0.2, 0.25) is 5.91 Å². The Hall–Kier alpha value is -3.08. The third-order valence-corrected chi connectivity index (χ3v) is 5.48. The summed E-state index contributed by atoms with van der Waals surface area (Å²) in [5.41, 5.74) is 4.24. The lowest BCUT2D eigenvalue weighted by Gasteiger charge is -2.32.